The lowest BCUT2D eigenvalue weighted by atomic mass is 9.79. The van der Waals surface area contributed by atoms with Crippen molar-refractivity contribution in [3.8, 4) is 0 Å². The summed E-state index contributed by atoms with van der Waals surface area (Å²) in [5.74, 6) is -3.46. The van der Waals surface area contributed by atoms with Crippen LogP contribution in [0.2, 0.25) is 0 Å². The standard InChI is InChI=1S/C14H17F7O2/c15-8-1-6(5-22)2-9(16)12(8)14(20,21)23-7-3-10(17)13(19)11(18)4-7/h5-13H,1-4H2. The largest absolute Gasteiger partial charge is 0.364 e. The summed E-state index contributed by atoms with van der Waals surface area (Å²) in [7, 11) is 0. The molecule has 4 atom stereocenters. The normalized spacial score (nSPS) is 45.7. The quantitative estimate of drug-likeness (QED) is 0.571. The molecule has 2 nitrogen and oxygen atoms in total. The maximum atomic E-state index is 14.0. The van der Waals surface area contributed by atoms with E-state index in [1.54, 1.807) is 0 Å². The fourth-order valence-electron chi connectivity index (χ4n) is 3.21. The van der Waals surface area contributed by atoms with Crippen LogP contribution in [0, 0.1) is 11.8 Å². The fraction of sp³-hybridized carbons (Fsp3) is 0.929. The van der Waals surface area contributed by atoms with Crippen molar-refractivity contribution in [1.82, 2.24) is 0 Å². The SMILES string of the molecule is O=CC1CC(F)C(C(F)(F)OC2CC(F)C(F)C(F)C2)C(F)C1. The summed E-state index contributed by atoms with van der Waals surface area (Å²) >= 11 is 0. The molecule has 0 N–H and O–H groups in total. The number of rotatable bonds is 4. The average molecular weight is 350 g/mol. The number of alkyl halides is 7. The van der Waals surface area contributed by atoms with Gasteiger partial charge in [-0.15, -0.1) is 0 Å². The molecule has 23 heavy (non-hydrogen) atoms. The summed E-state index contributed by atoms with van der Waals surface area (Å²) < 4.78 is 99.5. The average Bonchev–Trinajstić information content (AvgIpc) is 2.42. The van der Waals surface area contributed by atoms with Gasteiger partial charge in [0, 0.05) is 18.8 Å². The highest BCUT2D eigenvalue weighted by Crippen LogP contribution is 2.44. The molecule has 0 heterocycles. The van der Waals surface area contributed by atoms with Crippen LogP contribution in [0.4, 0.5) is 30.7 Å². The Labute approximate surface area is 128 Å². The minimum atomic E-state index is -4.31. The third kappa shape index (κ3) is 3.97. The van der Waals surface area contributed by atoms with Crippen molar-refractivity contribution in [2.45, 2.75) is 68.8 Å². The van der Waals surface area contributed by atoms with E-state index in [0.29, 0.717) is 6.29 Å². The van der Waals surface area contributed by atoms with Crippen LogP contribution in [0.1, 0.15) is 25.7 Å². The van der Waals surface area contributed by atoms with Crippen LogP contribution in [0.15, 0.2) is 0 Å². The summed E-state index contributed by atoms with van der Waals surface area (Å²) in [5, 5.41) is 0. The van der Waals surface area contributed by atoms with Gasteiger partial charge in [-0.25, -0.2) is 22.0 Å². The van der Waals surface area contributed by atoms with Gasteiger partial charge in [0.1, 0.15) is 36.9 Å². The Morgan fingerprint density at radius 1 is 0.826 bits per heavy atom. The van der Waals surface area contributed by atoms with Crippen LogP contribution in [-0.2, 0) is 9.53 Å². The van der Waals surface area contributed by atoms with E-state index in [1.807, 2.05) is 0 Å². The zero-order valence-corrected chi connectivity index (χ0v) is 12.0. The minimum absolute atomic E-state index is 0.304. The molecule has 2 fully saturated rings. The van der Waals surface area contributed by atoms with E-state index in [9.17, 15) is 35.5 Å². The van der Waals surface area contributed by atoms with E-state index >= 15 is 0 Å². The van der Waals surface area contributed by atoms with Crippen molar-refractivity contribution in [2.75, 3.05) is 0 Å². The van der Waals surface area contributed by atoms with Gasteiger partial charge >= 0.3 is 6.11 Å². The van der Waals surface area contributed by atoms with Gasteiger partial charge in [0.15, 0.2) is 6.17 Å². The van der Waals surface area contributed by atoms with E-state index in [4.69, 9.17) is 0 Å². The van der Waals surface area contributed by atoms with Gasteiger partial charge in [0.2, 0.25) is 0 Å². The van der Waals surface area contributed by atoms with Crippen LogP contribution >= 0.6 is 0 Å². The summed E-state index contributed by atoms with van der Waals surface area (Å²) in [6, 6.07) is 0. The summed E-state index contributed by atoms with van der Waals surface area (Å²) in [6.07, 6.45) is -20.1. The lowest BCUT2D eigenvalue weighted by Gasteiger charge is -2.39. The molecule has 9 heteroatoms. The Hall–Kier alpha value is -0.860. The highest BCUT2D eigenvalue weighted by atomic mass is 19.3. The first-order valence-corrected chi connectivity index (χ1v) is 7.37. The molecule has 0 radical (unpaired) electrons. The number of hydrogen-bond donors (Lipinski definition) is 0. The molecule has 4 unspecified atom stereocenters. The molecule has 0 aliphatic heterocycles. The molecular weight excluding hydrogens is 333 g/mol. The van der Waals surface area contributed by atoms with E-state index in [2.05, 4.69) is 4.74 Å². The molecule has 0 amide bonds. The summed E-state index contributed by atoms with van der Waals surface area (Å²) in [6.45, 7) is 0. The van der Waals surface area contributed by atoms with Crippen molar-refractivity contribution < 1.29 is 40.3 Å². The van der Waals surface area contributed by atoms with Crippen molar-refractivity contribution in [1.29, 1.82) is 0 Å². The first-order chi connectivity index (χ1) is 10.7. The van der Waals surface area contributed by atoms with E-state index in [-0.39, 0.29) is 0 Å². The summed E-state index contributed by atoms with van der Waals surface area (Å²) in [4.78, 5) is 10.6. The molecule has 2 rings (SSSR count). The van der Waals surface area contributed by atoms with E-state index in [1.165, 1.54) is 0 Å². The Balaban J connectivity index is 2.04. The predicted molar refractivity (Wildman–Crippen MR) is 65.8 cm³/mol. The van der Waals surface area contributed by atoms with Crippen LogP contribution in [-0.4, -0.2) is 49.4 Å². The molecule has 0 aromatic rings. The molecule has 0 spiro atoms. The van der Waals surface area contributed by atoms with Crippen LogP contribution in [0.3, 0.4) is 0 Å². The highest BCUT2D eigenvalue weighted by Gasteiger charge is 2.56. The number of carbonyl (C=O) groups is 1. The number of halogens is 7. The number of ether oxygens (including phenoxy) is 1. The lowest BCUT2D eigenvalue weighted by Crippen LogP contribution is -2.51. The molecule has 0 saturated heterocycles. The Morgan fingerprint density at radius 2 is 1.30 bits per heavy atom. The predicted octanol–water partition coefficient (Wildman–Crippen LogP) is 3.67. The molecular formula is C14H17F7O2. The van der Waals surface area contributed by atoms with Gasteiger partial charge in [0.05, 0.1) is 6.10 Å². The van der Waals surface area contributed by atoms with Crippen molar-refractivity contribution in [3.05, 3.63) is 0 Å². The fourth-order valence-corrected chi connectivity index (χ4v) is 3.21. The maximum Gasteiger partial charge on any atom is 0.364 e. The van der Waals surface area contributed by atoms with Crippen molar-refractivity contribution >= 4 is 6.29 Å². The van der Waals surface area contributed by atoms with Crippen LogP contribution in [0.5, 0.6) is 0 Å². The minimum Gasteiger partial charge on any atom is -0.317 e. The first-order valence-electron chi connectivity index (χ1n) is 7.37. The molecule has 2 saturated carbocycles. The van der Waals surface area contributed by atoms with Gasteiger partial charge in [-0.3, -0.25) is 0 Å². The Kier molecular flexibility index (Phi) is 5.58. The van der Waals surface area contributed by atoms with Gasteiger partial charge in [-0.05, 0) is 12.8 Å². The molecule has 0 aromatic carbocycles. The second-order valence-corrected chi connectivity index (χ2v) is 6.17. The first kappa shape index (κ1) is 18.5. The van der Waals surface area contributed by atoms with Crippen LogP contribution < -0.4 is 0 Å². The second-order valence-electron chi connectivity index (χ2n) is 6.17. The molecule has 0 aromatic heterocycles. The number of hydrogen-bond acceptors (Lipinski definition) is 2. The third-order valence-electron chi connectivity index (χ3n) is 4.41. The smallest absolute Gasteiger partial charge is 0.317 e. The monoisotopic (exact) mass is 350 g/mol. The van der Waals surface area contributed by atoms with Crippen molar-refractivity contribution in [3.63, 3.8) is 0 Å². The molecule has 0 bridgehead atoms. The molecule has 2 aliphatic rings. The van der Waals surface area contributed by atoms with Gasteiger partial charge in [-0.1, -0.05) is 0 Å². The van der Waals surface area contributed by atoms with E-state index < -0.39 is 80.6 Å². The van der Waals surface area contributed by atoms with Crippen molar-refractivity contribution in [2.24, 2.45) is 11.8 Å². The van der Waals surface area contributed by atoms with Gasteiger partial charge in [0.25, 0.3) is 0 Å². The Morgan fingerprint density at radius 3 is 1.74 bits per heavy atom. The van der Waals surface area contributed by atoms with Gasteiger partial charge in [-0.2, -0.15) is 8.78 Å². The molecule has 2 aliphatic carbocycles. The second kappa shape index (κ2) is 6.94. The Bertz CT molecular complexity index is 398. The lowest BCUT2D eigenvalue weighted by molar-refractivity contribution is -0.322. The summed E-state index contributed by atoms with van der Waals surface area (Å²) in [5.41, 5.74) is 0. The zero-order valence-electron chi connectivity index (χ0n) is 12.0. The number of carbonyl (C=O) groups excluding carboxylic acids is 1. The topological polar surface area (TPSA) is 26.3 Å². The highest BCUT2D eigenvalue weighted by molar-refractivity contribution is 5.54. The number of aldehydes is 1. The third-order valence-corrected chi connectivity index (χ3v) is 4.41. The molecule has 134 valence electrons. The zero-order chi connectivity index (χ0) is 17.4. The van der Waals surface area contributed by atoms with E-state index in [0.717, 1.165) is 0 Å². The van der Waals surface area contributed by atoms with Gasteiger partial charge < -0.3 is 9.53 Å². The maximum absolute atomic E-state index is 14.0. The van der Waals surface area contributed by atoms with Crippen LogP contribution in [0.25, 0.3) is 0 Å².